The monoisotopic (exact) mass is 414 g/mol. The van der Waals surface area contributed by atoms with E-state index in [9.17, 15) is 14.4 Å². The Bertz CT molecular complexity index is 518. The van der Waals surface area contributed by atoms with Gasteiger partial charge in [-0.2, -0.15) is 0 Å². The molecular weight excluding hydrogens is 372 g/mol. The number of ether oxygens (including phenoxy) is 2. The van der Waals surface area contributed by atoms with Gasteiger partial charge in [-0.15, -0.1) is 0 Å². The van der Waals surface area contributed by atoms with Gasteiger partial charge in [-0.25, -0.2) is 0 Å². The number of ketones is 2. The normalized spacial score (nSPS) is 13.4. The zero-order valence-electron chi connectivity index (χ0n) is 19.6. The van der Waals surface area contributed by atoms with E-state index >= 15 is 0 Å². The van der Waals surface area contributed by atoms with Crippen molar-refractivity contribution in [3.05, 3.63) is 0 Å². The SMILES string of the molecule is CC(C)C(=O)CCC(NC(=O)COCCOCCNC(C)(C)C)C(=O)C(C)(C)C. The van der Waals surface area contributed by atoms with Crippen LogP contribution in [0, 0.1) is 11.3 Å². The fourth-order valence-corrected chi connectivity index (χ4v) is 2.49. The van der Waals surface area contributed by atoms with Crippen LogP contribution in [0.5, 0.6) is 0 Å². The van der Waals surface area contributed by atoms with E-state index in [0.717, 1.165) is 6.54 Å². The quantitative estimate of drug-likeness (QED) is 0.424. The van der Waals surface area contributed by atoms with Crippen molar-refractivity contribution in [2.75, 3.05) is 33.0 Å². The maximum Gasteiger partial charge on any atom is 0.246 e. The summed E-state index contributed by atoms with van der Waals surface area (Å²) in [5, 5.41) is 6.05. The molecule has 0 radical (unpaired) electrons. The van der Waals surface area contributed by atoms with Crippen molar-refractivity contribution < 1.29 is 23.9 Å². The molecule has 0 aliphatic carbocycles. The fourth-order valence-electron chi connectivity index (χ4n) is 2.49. The predicted molar refractivity (Wildman–Crippen MR) is 115 cm³/mol. The number of hydrogen-bond acceptors (Lipinski definition) is 6. The number of carbonyl (C=O) groups excluding carboxylic acids is 3. The lowest BCUT2D eigenvalue weighted by molar-refractivity contribution is -0.135. The second-order valence-electron chi connectivity index (χ2n) is 9.74. The number of amides is 1. The predicted octanol–water partition coefficient (Wildman–Crippen LogP) is 2.51. The highest BCUT2D eigenvalue weighted by molar-refractivity contribution is 5.93. The summed E-state index contributed by atoms with van der Waals surface area (Å²) in [6.07, 6.45) is 0.574. The van der Waals surface area contributed by atoms with E-state index in [4.69, 9.17) is 9.47 Å². The Hall–Kier alpha value is -1.31. The summed E-state index contributed by atoms with van der Waals surface area (Å²) in [5.74, 6) is -0.450. The standard InChI is InChI=1S/C22H42N2O5/c1-16(2)18(25)10-9-17(20(27)21(3,4)5)24-19(26)15-29-14-13-28-12-11-23-22(6,7)8/h16-17,23H,9-15H2,1-8H3,(H,24,26). The van der Waals surface area contributed by atoms with Gasteiger partial charge in [0.2, 0.25) is 5.91 Å². The molecule has 0 aromatic heterocycles. The smallest absolute Gasteiger partial charge is 0.246 e. The molecule has 0 spiro atoms. The molecule has 2 N–H and O–H groups in total. The third-order valence-corrected chi connectivity index (χ3v) is 4.22. The first kappa shape index (κ1) is 27.7. The summed E-state index contributed by atoms with van der Waals surface area (Å²) in [5.41, 5.74) is -0.548. The molecule has 0 fully saturated rings. The van der Waals surface area contributed by atoms with Gasteiger partial charge in [0.05, 0.1) is 25.9 Å². The third-order valence-electron chi connectivity index (χ3n) is 4.22. The minimum atomic E-state index is -0.687. The first-order valence-electron chi connectivity index (χ1n) is 10.5. The van der Waals surface area contributed by atoms with Gasteiger partial charge in [-0.3, -0.25) is 14.4 Å². The van der Waals surface area contributed by atoms with Gasteiger partial charge < -0.3 is 20.1 Å². The van der Waals surface area contributed by atoms with Gasteiger partial charge in [0, 0.05) is 29.8 Å². The first-order valence-corrected chi connectivity index (χ1v) is 10.5. The Morgan fingerprint density at radius 1 is 0.897 bits per heavy atom. The van der Waals surface area contributed by atoms with Crippen molar-refractivity contribution in [3.8, 4) is 0 Å². The molecule has 0 heterocycles. The Labute approximate surface area is 176 Å². The molecule has 0 aliphatic heterocycles. The number of carbonyl (C=O) groups is 3. The highest BCUT2D eigenvalue weighted by atomic mass is 16.5. The van der Waals surface area contributed by atoms with Crippen molar-refractivity contribution in [3.63, 3.8) is 0 Å². The second kappa shape index (κ2) is 13.1. The lowest BCUT2D eigenvalue weighted by Crippen LogP contribution is -2.47. The van der Waals surface area contributed by atoms with Crippen LogP contribution in [0.15, 0.2) is 0 Å². The fraction of sp³-hybridized carbons (Fsp3) is 0.864. The van der Waals surface area contributed by atoms with E-state index in [1.807, 2.05) is 13.8 Å². The van der Waals surface area contributed by atoms with Crippen molar-refractivity contribution in [2.45, 2.75) is 79.8 Å². The molecular formula is C22H42N2O5. The maximum atomic E-state index is 12.6. The van der Waals surface area contributed by atoms with Crippen LogP contribution in [0.1, 0.15) is 68.2 Å². The summed E-state index contributed by atoms with van der Waals surface area (Å²) in [6.45, 7) is 17.2. The Morgan fingerprint density at radius 2 is 1.48 bits per heavy atom. The van der Waals surface area contributed by atoms with Crippen molar-refractivity contribution >= 4 is 17.5 Å². The maximum absolute atomic E-state index is 12.6. The van der Waals surface area contributed by atoms with Crippen LogP contribution >= 0.6 is 0 Å². The molecule has 0 saturated carbocycles. The average molecular weight is 415 g/mol. The molecule has 0 bridgehead atoms. The summed E-state index contributed by atoms with van der Waals surface area (Å²) in [4.78, 5) is 36.7. The van der Waals surface area contributed by atoms with Crippen molar-refractivity contribution in [1.29, 1.82) is 0 Å². The van der Waals surface area contributed by atoms with Crippen LogP contribution in [0.25, 0.3) is 0 Å². The Morgan fingerprint density at radius 3 is 2.00 bits per heavy atom. The van der Waals surface area contributed by atoms with Crippen LogP contribution in [0.4, 0.5) is 0 Å². The summed E-state index contributed by atoms with van der Waals surface area (Å²) >= 11 is 0. The average Bonchev–Trinajstić information content (AvgIpc) is 2.57. The molecule has 0 saturated heterocycles. The summed E-state index contributed by atoms with van der Waals surface area (Å²) in [6, 6.07) is -0.687. The second-order valence-corrected chi connectivity index (χ2v) is 9.74. The number of Topliss-reactive ketones (excluding diaryl/α,β-unsaturated/α-hetero) is 2. The van der Waals surface area contributed by atoms with Gasteiger partial charge in [0.15, 0.2) is 5.78 Å². The lowest BCUT2D eigenvalue weighted by atomic mass is 9.84. The van der Waals surface area contributed by atoms with Gasteiger partial charge in [-0.05, 0) is 27.2 Å². The third kappa shape index (κ3) is 14.3. The molecule has 1 amide bonds. The Balaban J connectivity index is 4.28. The zero-order valence-corrected chi connectivity index (χ0v) is 19.6. The molecule has 0 rings (SSSR count). The van der Waals surface area contributed by atoms with E-state index in [-0.39, 0.29) is 42.0 Å². The van der Waals surface area contributed by atoms with Gasteiger partial charge in [0.1, 0.15) is 12.4 Å². The molecule has 29 heavy (non-hydrogen) atoms. The van der Waals surface area contributed by atoms with E-state index in [0.29, 0.717) is 26.2 Å². The molecule has 0 aliphatic rings. The molecule has 170 valence electrons. The number of hydrogen-bond donors (Lipinski definition) is 2. The van der Waals surface area contributed by atoms with Crippen LogP contribution in [0.2, 0.25) is 0 Å². The largest absolute Gasteiger partial charge is 0.378 e. The summed E-state index contributed by atoms with van der Waals surface area (Å²) < 4.78 is 10.8. The van der Waals surface area contributed by atoms with Crippen molar-refractivity contribution in [1.82, 2.24) is 10.6 Å². The van der Waals surface area contributed by atoms with E-state index < -0.39 is 11.5 Å². The van der Waals surface area contributed by atoms with Gasteiger partial charge in [-0.1, -0.05) is 34.6 Å². The highest BCUT2D eigenvalue weighted by Crippen LogP contribution is 2.19. The van der Waals surface area contributed by atoms with Crippen LogP contribution < -0.4 is 10.6 Å². The minimum absolute atomic E-state index is 0.0543. The molecule has 7 heteroatoms. The van der Waals surface area contributed by atoms with Crippen molar-refractivity contribution in [2.24, 2.45) is 11.3 Å². The highest BCUT2D eigenvalue weighted by Gasteiger charge is 2.31. The van der Waals surface area contributed by atoms with Crippen LogP contribution in [-0.4, -0.2) is 62.0 Å². The van der Waals surface area contributed by atoms with Crippen LogP contribution in [-0.2, 0) is 23.9 Å². The molecule has 7 nitrogen and oxygen atoms in total. The molecule has 0 aromatic rings. The minimum Gasteiger partial charge on any atom is -0.378 e. The first-order chi connectivity index (χ1) is 13.2. The van der Waals surface area contributed by atoms with Crippen LogP contribution in [0.3, 0.4) is 0 Å². The molecule has 1 atom stereocenters. The van der Waals surface area contributed by atoms with Gasteiger partial charge in [0.25, 0.3) is 0 Å². The molecule has 1 unspecified atom stereocenters. The lowest BCUT2D eigenvalue weighted by Gasteiger charge is -2.25. The number of rotatable bonds is 14. The van der Waals surface area contributed by atoms with E-state index in [1.165, 1.54) is 0 Å². The van der Waals surface area contributed by atoms with E-state index in [1.54, 1.807) is 20.8 Å². The van der Waals surface area contributed by atoms with Gasteiger partial charge >= 0.3 is 0 Å². The summed E-state index contributed by atoms with van der Waals surface area (Å²) in [7, 11) is 0. The topological polar surface area (TPSA) is 93.7 Å². The molecule has 0 aromatic carbocycles. The Kier molecular flexibility index (Phi) is 12.5. The zero-order chi connectivity index (χ0) is 22.7. The van der Waals surface area contributed by atoms with E-state index in [2.05, 4.69) is 31.4 Å². The number of nitrogens with one attached hydrogen (secondary N) is 2.